The summed E-state index contributed by atoms with van der Waals surface area (Å²) in [5, 5.41) is 4.73. The summed E-state index contributed by atoms with van der Waals surface area (Å²) >= 11 is 0. The summed E-state index contributed by atoms with van der Waals surface area (Å²) in [6, 6.07) is 69.8. The number of furan rings is 2. The van der Waals surface area contributed by atoms with Crippen molar-refractivity contribution in [1.82, 2.24) is 0 Å². The van der Waals surface area contributed by atoms with Gasteiger partial charge in [0.2, 0.25) is 0 Å². The highest BCUT2D eigenvalue weighted by molar-refractivity contribution is 6.21. The molecule has 3 heteroatoms. The maximum absolute atomic E-state index is 7.01. The fourth-order valence-electron chi connectivity index (χ4n) is 14.1. The number of aryl methyl sites for hydroxylation is 2. The van der Waals surface area contributed by atoms with E-state index in [1.807, 2.05) is 0 Å². The lowest BCUT2D eigenvalue weighted by Gasteiger charge is -2.32. The predicted molar refractivity (Wildman–Crippen MR) is 309 cm³/mol. The van der Waals surface area contributed by atoms with Crippen molar-refractivity contribution in [1.29, 1.82) is 0 Å². The summed E-state index contributed by atoms with van der Waals surface area (Å²) in [4.78, 5) is 2.49. The molecule has 0 spiro atoms. The van der Waals surface area contributed by atoms with Gasteiger partial charge < -0.3 is 13.7 Å². The highest BCUT2D eigenvalue weighted by atomic mass is 16.3. The van der Waals surface area contributed by atoms with Gasteiger partial charge in [0, 0.05) is 66.0 Å². The van der Waals surface area contributed by atoms with Crippen molar-refractivity contribution in [2.24, 2.45) is 0 Å². The Kier molecular flexibility index (Phi) is 8.68. The third kappa shape index (κ3) is 5.73. The van der Waals surface area contributed by atoms with Gasteiger partial charge in [0.1, 0.15) is 22.3 Å². The number of nitrogens with zero attached hydrogens (tertiary/aromatic N) is 1. The zero-order valence-corrected chi connectivity index (χ0v) is 43.2. The van der Waals surface area contributed by atoms with Crippen LogP contribution in [0.4, 0.5) is 17.1 Å². The van der Waals surface area contributed by atoms with Crippen molar-refractivity contribution in [2.75, 3.05) is 4.90 Å². The number of benzene rings is 10. The number of rotatable bonds is 5. The second-order valence-corrected chi connectivity index (χ2v) is 23.0. The van der Waals surface area contributed by atoms with Gasteiger partial charge in [-0.15, -0.1) is 0 Å². The van der Waals surface area contributed by atoms with Crippen LogP contribution in [0, 0.1) is 13.8 Å². The van der Waals surface area contributed by atoms with Gasteiger partial charge in [-0.1, -0.05) is 186 Å². The van der Waals surface area contributed by atoms with E-state index in [9.17, 15) is 0 Å². The van der Waals surface area contributed by atoms with Crippen LogP contribution in [-0.2, 0) is 16.2 Å². The van der Waals surface area contributed by atoms with Crippen LogP contribution in [0.15, 0.2) is 197 Å². The molecule has 0 radical (unpaired) electrons. The molecule has 0 amide bonds. The van der Waals surface area contributed by atoms with Gasteiger partial charge in [-0.25, -0.2) is 0 Å². The Hall–Kier alpha value is -8.40. The Balaban J connectivity index is 0.951. The third-order valence-electron chi connectivity index (χ3n) is 17.4. The van der Waals surface area contributed by atoms with Gasteiger partial charge in [0.25, 0.3) is 0 Å². The molecule has 0 N–H and O–H groups in total. The number of para-hydroxylation sites is 2. The van der Waals surface area contributed by atoms with Crippen LogP contribution in [0.25, 0.3) is 99.5 Å². The molecule has 12 aromatic rings. The SMILES string of the molecule is Cc1cc(C)cc(-c2cc3c(c4c2oc2ccccc24)-c2ccc(N(c4ccc(-c5ccccc5)cc4)c4ccc5c(c4)C(C)(C)c4c6c(c7oc8ccccc8c7c4-5)-c4ccccc4C6(C)C)cc2C3(C)C)c1. The highest BCUT2D eigenvalue weighted by Gasteiger charge is 2.49. The minimum Gasteiger partial charge on any atom is -0.455 e. The Morgan fingerprint density at radius 1 is 0.338 bits per heavy atom. The van der Waals surface area contributed by atoms with Crippen molar-refractivity contribution in [2.45, 2.75) is 71.6 Å². The van der Waals surface area contributed by atoms with E-state index in [-0.39, 0.29) is 16.2 Å². The van der Waals surface area contributed by atoms with E-state index in [0.29, 0.717) is 0 Å². The first kappa shape index (κ1) is 43.2. The molecule has 15 rings (SSSR count). The second kappa shape index (κ2) is 14.9. The van der Waals surface area contributed by atoms with Crippen LogP contribution in [0.5, 0.6) is 0 Å². The van der Waals surface area contributed by atoms with Crippen LogP contribution in [0.3, 0.4) is 0 Å². The van der Waals surface area contributed by atoms with E-state index in [0.717, 1.165) is 50.3 Å². The van der Waals surface area contributed by atoms with Crippen LogP contribution >= 0.6 is 0 Å². The standard InChI is InChI=1S/C71H55NO2/c1-40-34-41(2)36-44(35-40)53-39-57-60(62-51-21-13-16-24-58(51)73-67(53)62)49-32-30-46(37-55(49)69(57,3)4)72(45-28-26-43(27-29-45)42-18-10-9-11-19-42)47-31-33-50-56(38-47)71(7,8)65-61(50)63-52-22-14-17-25-59(52)74-68(63)64-48-20-12-15-23-54(48)70(5,6)66(64)65/h9-39H,1-8H3. The van der Waals surface area contributed by atoms with E-state index in [4.69, 9.17) is 8.83 Å². The summed E-state index contributed by atoms with van der Waals surface area (Å²) in [6.45, 7) is 18.9. The smallest absolute Gasteiger partial charge is 0.144 e. The van der Waals surface area contributed by atoms with Crippen molar-refractivity contribution in [3.63, 3.8) is 0 Å². The number of anilines is 3. The van der Waals surface area contributed by atoms with Gasteiger partial charge in [-0.3, -0.25) is 0 Å². The van der Waals surface area contributed by atoms with Gasteiger partial charge in [0.05, 0.1) is 0 Å². The Labute approximate surface area is 432 Å². The fourth-order valence-corrected chi connectivity index (χ4v) is 14.1. The normalized spacial score (nSPS) is 15.1. The van der Waals surface area contributed by atoms with Crippen molar-refractivity contribution in [3.05, 3.63) is 233 Å². The topological polar surface area (TPSA) is 29.5 Å². The first-order valence-electron chi connectivity index (χ1n) is 26.2. The molecular weight excluding hydrogens is 899 g/mol. The van der Waals surface area contributed by atoms with Gasteiger partial charge in [-0.2, -0.15) is 0 Å². The molecule has 0 bridgehead atoms. The molecule has 3 aliphatic carbocycles. The summed E-state index contributed by atoms with van der Waals surface area (Å²) in [5.41, 5.74) is 29.2. The Bertz CT molecular complexity index is 4380. The molecule has 3 aliphatic rings. The lowest BCUT2D eigenvalue weighted by atomic mass is 9.72. The van der Waals surface area contributed by atoms with Gasteiger partial charge in [0.15, 0.2) is 0 Å². The summed E-state index contributed by atoms with van der Waals surface area (Å²) in [5.74, 6) is 0. The van der Waals surface area contributed by atoms with Crippen LogP contribution in [0.1, 0.15) is 86.1 Å². The average molecular weight is 954 g/mol. The lowest BCUT2D eigenvalue weighted by molar-refractivity contribution is 0.600. The molecule has 74 heavy (non-hydrogen) atoms. The quantitative estimate of drug-likeness (QED) is 0.172. The van der Waals surface area contributed by atoms with Gasteiger partial charge >= 0.3 is 0 Å². The van der Waals surface area contributed by atoms with E-state index < -0.39 is 0 Å². The minimum atomic E-state index is -0.340. The molecule has 0 atom stereocenters. The van der Waals surface area contributed by atoms with E-state index in [2.05, 4.69) is 248 Å². The minimum absolute atomic E-state index is 0.235. The summed E-state index contributed by atoms with van der Waals surface area (Å²) in [7, 11) is 0. The zero-order chi connectivity index (χ0) is 50.2. The van der Waals surface area contributed by atoms with E-state index in [1.165, 1.54) is 111 Å². The maximum Gasteiger partial charge on any atom is 0.144 e. The predicted octanol–water partition coefficient (Wildman–Crippen LogP) is 19.8. The Morgan fingerprint density at radius 3 is 1.51 bits per heavy atom. The molecule has 3 nitrogen and oxygen atoms in total. The largest absolute Gasteiger partial charge is 0.455 e. The van der Waals surface area contributed by atoms with Crippen LogP contribution < -0.4 is 4.90 Å². The first-order chi connectivity index (χ1) is 35.8. The summed E-state index contributed by atoms with van der Waals surface area (Å²) < 4.78 is 13.9. The number of hydrogen-bond acceptors (Lipinski definition) is 3. The fraction of sp³-hybridized carbons (Fsp3) is 0.155. The molecule has 0 unspecified atom stereocenters. The molecular formula is C71H55NO2. The summed E-state index contributed by atoms with van der Waals surface area (Å²) in [6.07, 6.45) is 0. The molecule has 0 fully saturated rings. The number of fused-ring (bicyclic) bond motifs is 19. The number of hydrogen-bond donors (Lipinski definition) is 0. The van der Waals surface area contributed by atoms with E-state index in [1.54, 1.807) is 0 Å². The molecule has 356 valence electrons. The van der Waals surface area contributed by atoms with Crippen molar-refractivity contribution >= 4 is 60.9 Å². The van der Waals surface area contributed by atoms with Gasteiger partial charge in [-0.05, 0) is 146 Å². The van der Waals surface area contributed by atoms with Crippen molar-refractivity contribution in [3.8, 4) is 55.6 Å². The second-order valence-electron chi connectivity index (χ2n) is 23.0. The maximum atomic E-state index is 7.01. The zero-order valence-electron chi connectivity index (χ0n) is 43.2. The molecule has 0 saturated carbocycles. The molecule has 2 aromatic heterocycles. The highest BCUT2D eigenvalue weighted by Crippen LogP contribution is 2.64. The lowest BCUT2D eigenvalue weighted by Crippen LogP contribution is -2.24. The molecule has 0 saturated heterocycles. The van der Waals surface area contributed by atoms with Crippen molar-refractivity contribution < 1.29 is 8.83 Å². The van der Waals surface area contributed by atoms with E-state index >= 15 is 0 Å². The monoisotopic (exact) mass is 953 g/mol. The average Bonchev–Trinajstić information content (AvgIpc) is 4.26. The molecule has 2 heterocycles. The first-order valence-corrected chi connectivity index (χ1v) is 26.2. The molecule has 10 aromatic carbocycles. The molecule has 0 aliphatic heterocycles. The Morgan fingerprint density at radius 2 is 0.838 bits per heavy atom. The van der Waals surface area contributed by atoms with Crippen LogP contribution in [0.2, 0.25) is 0 Å². The van der Waals surface area contributed by atoms with Crippen LogP contribution in [-0.4, -0.2) is 0 Å². The third-order valence-corrected chi connectivity index (χ3v) is 17.4.